The zero-order valence-electron chi connectivity index (χ0n) is 11.3. The topological polar surface area (TPSA) is 84.9 Å². The number of Topliss-reactive ketones (excluding diaryl/α,β-unsaturated/α-hetero) is 2. The molecule has 0 fully saturated rings. The second-order valence-corrected chi connectivity index (χ2v) is 4.50. The van der Waals surface area contributed by atoms with Crippen LogP contribution in [0.1, 0.15) is 20.8 Å². The van der Waals surface area contributed by atoms with Gasteiger partial charge in [0.15, 0.2) is 11.6 Å². The van der Waals surface area contributed by atoms with Crippen molar-refractivity contribution in [1.29, 1.82) is 0 Å². The lowest BCUT2D eigenvalue weighted by molar-refractivity contribution is -0.127. The molecule has 0 bridgehead atoms. The predicted molar refractivity (Wildman–Crippen MR) is 66.5 cm³/mol. The SMILES string of the molecule is CC(=O)COCCOCCNC(C)(C)C(=O)CO. The normalized spacial score (nSPS) is 11.6. The van der Waals surface area contributed by atoms with Crippen LogP contribution in [0.15, 0.2) is 0 Å². The van der Waals surface area contributed by atoms with Gasteiger partial charge in [-0.05, 0) is 20.8 Å². The van der Waals surface area contributed by atoms with Gasteiger partial charge >= 0.3 is 0 Å². The largest absolute Gasteiger partial charge is 0.389 e. The molecule has 0 aliphatic rings. The summed E-state index contributed by atoms with van der Waals surface area (Å²) >= 11 is 0. The quantitative estimate of drug-likeness (QED) is 0.490. The third-order valence-corrected chi connectivity index (χ3v) is 2.33. The molecule has 18 heavy (non-hydrogen) atoms. The van der Waals surface area contributed by atoms with Crippen molar-refractivity contribution in [1.82, 2.24) is 5.32 Å². The van der Waals surface area contributed by atoms with Crippen LogP contribution in [0.3, 0.4) is 0 Å². The number of ether oxygens (including phenoxy) is 2. The lowest BCUT2D eigenvalue weighted by Crippen LogP contribution is -2.49. The summed E-state index contributed by atoms with van der Waals surface area (Å²) < 4.78 is 10.3. The Balaban J connectivity index is 3.45. The molecule has 6 nitrogen and oxygen atoms in total. The predicted octanol–water partition coefficient (Wildman–Crippen LogP) is -0.462. The van der Waals surface area contributed by atoms with E-state index in [1.54, 1.807) is 13.8 Å². The highest BCUT2D eigenvalue weighted by Gasteiger charge is 2.25. The highest BCUT2D eigenvalue weighted by molar-refractivity contribution is 5.88. The molecule has 0 aliphatic heterocycles. The summed E-state index contributed by atoms with van der Waals surface area (Å²) in [6, 6.07) is 0. The molecular formula is C12H23NO5. The summed E-state index contributed by atoms with van der Waals surface area (Å²) in [6.07, 6.45) is 0. The van der Waals surface area contributed by atoms with Crippen molar-refractivity contribution in [3.63, 3.8) is 0 Å². The Labute approximate surface area is 108 Å². The Hall–Kier alpha value is -0.820. The molecule has 106 valence electrons. The molecule has 0 amide bonds. The third-order valence-electron chi connectivity index (χ3n) is 2.33. The second kappa shape index (κ2) is 9.16. The fraction of sp³-hybridized carbons (Fsp3) is 0.833. The molecule has 0 atom stereocenters. The van der Waals surface area contributed by atoms with Gasteiger partial charge in [0.25, 0.3) is 0 Å². The maximum Gasteiger partial charge on any atom is 0.177 e. The highest BCUT2D eigenvalue weighted by atomic mass is 16.5. The van der Waals surface area contributed by atoms with Gasteiger partial charge in [0, 0.05) is 6.54 Å². The highest BCUT2D eigenvalue weighted by Crippen LogP contribution is 2.02. The zero-order chi connectivity index (χ0) is 14.0. The molecule has 0 saturated heterocycles. The van der Waals surface area contributed by atoms with Crippen molar-refractivity contribution in [2.24, 2.45) is 0 Å². The number of aliphatic hydroxyl groups is 1. The molecule has 0 aliphatic carbocycles. The number of carbonyl (C=O) groups excluding carboxylic acids is 2. The van der Waals surface area contributed by atoms with Gasteiger partial charge in [0.05, 0.1) is 25.4 Å². The lowest BCUT2D eigenvalue weighted by Gasteiger charge is -2.23. The first kappa shape index (κ1) is 17.2. The van der Waals surface area contributed by atoms with Crippen molar-refractivity contribution >= 4 is 11.6 Å². The molecule has 0 radical (unpaired) electrons. The first-order valence-corrected chi connectivity index (χ1v) is 5.94. The van der Waals surface area contributed by atoms with Crippen LogP contribution in [0.5, 0.6) is 0 Å². The van der Waals surface area contributed by atoms with E-state index >= 15 is 0 Å². The number of nitrogens with one attached hydrogen (secondary N) is 1. The van der Waals surface area contributed by atoms with Crippen LogP contribution in [0.4, 0.5) is 0 Å². The molecule has 0 heterocycles. The van der Waals surface area contributed by atoms with Crippen LogP contribution >= 0.6 is 0 Å². The standard InChI is InChI=1S/C12H23NO5/c1-10(15)9-18-7-6-17-5-4-13-12(2,3)11(16)8-14/h13-14H,4-9H2,1-3H3. The van der Waals surface area contributed by atoms with Gasteiger partial charge in [-0.3, -0.25) is 9.59 Å². The summed E-state index contributed by atoms with van der Waals surface area (Å²) in [5.74, 6) is -0.270. The Morgan fingerprint density at radius 3 is 2.33 bits per heavy atom. The minimum atomic E-state index is -0.747. The average molecular weight is 261 g/mol. The van der Waals surface area contributed by atoms with Crippen LogP contribution in [-0.4, -0.2) is 61.8 Å². The average Bonchev–Trinajstić information content (AvgIpc) is 2.30. The smallest absolute Gasteiger partial charge is 0.177 e. The van der Waals surface area contributed by atoms with E-state index in [9.17, 15) is 9.59 Å². The first-order valence-electron chi connectivity index (χ1n) is 5.94. The minimum Gasteiger partial charge on any atom is -0.389 e. The van der Waals surface area contributed by atoms with Gasteiger partial charge in [-0.1, -0.05) is 0 Å². The monoisotopic (exact) mass is 261 g/mol. The molecule has 2 N–H and O–H groups in total. The number of ketones is 2. The van der Waals surface area contributed by atoms with Crippen LogP contribution in [0, 0.1) is 0 Å². The molecule has 0 spiro atoms. The van der Waals surface area contributed by atoms with Gasteiger partial charge in [0.2, 0.25) is 0 Å². The first-order chi connectivity index (χ1) is 8.40. The molecule has 0 saturated carbocycles. The Bertz CT molecular complexity index is 265. The second-order valence-electron chi connectivity index (χ2n) is 4.50. The lowest BCUT2D eigenvalue weighted by atomic mass is 10.00. The summed E-state index contributed by atoms with van der Waals surface area (Å²) in [5.41, 5.74) is -0.747. The van der Waals surface area contributed by atoms with Crippen LogP contribution < -0.4 is 5.32 Å². The molecule has 0 aromatic heterocycles. The van der Waals surface area contributed by atoms with Crippen molar-refractivity contribution in [3.05, 3.63) is 0 Å². The molecule has 0 rings (SSSR count). The van der Waals surface area contributed by atoms with Crippen molar-refractivity contribution in [3.8, 4) is 0 Å². The van der Waals surface area contributed by atoms with E-state index in [1.807, 2.05) is 0 Å². The van der Waals surface area contributed by atoms with E-state index in [2.05, 4.69) is 5.32 Å². The fourth-order valence-corrected chi connectivity index (χ4v) is 1.17. The summed E-state index contributed by atoms with van der Waals surface area (Å²) in [6.45, 7) is 6.24. The third kappa shape index (κ3) is 8.30. The number of hydrogen-bond donors (Lipinski definition) is 2. The molecule has 0 unspecified atom stereocenters. The van der Waals surface area contributed by atoms with Crippen molar-refractivity contribution in [2.75, 3.05) is 39.6 Å². The van der Waals surface area contributed by atoms with E-state index < -0.39 is 12.1 Å². The van der Waals surface area contributed by atoms with Gasteiger partial charge in [-0.15, -0.1) is 0 Å². The fourth-order valence-electron chi connectivity index (χ4n) is 1.17. The maximum atomic E-state index is 11.3. The van der Waals surface area contributed by atoms with E-state index in [0.717, 1.165) is 0 Å². The van der Waals surface area contributed by atoms with Crippen molar-refractivity contribution in [2.45, 2.75) is 26.3 Å². The number of carbonyl (C=O) groups is 2. The van der Waals surface area contributed by atoms with Gasteiger partial charge in [0.1, 0.15) is 13.2 Å². The number of aliphatic hydroxyl groups excluding tert-OH is 1. The van der Waals surface area contributed by atoms with Gasteiger partial charge < -0.3 is 19.9 Å². The summed E-state index contributed by atoms with van der Waals surface area (Å²) in [4.78, 5) is 21.9. The maximum absolute atomic E-state index is 11.3. The van der Waals surface area contributed by atoms with Gasteiger partial charge in [-0.25, -0.2) is 0 Å². The molecular weight excluding hydrogens is 238 g/mol. The number of rotatable bonds is 11. The summed E-state index contributed by atoms with van der Waals surface area (Å²) in [7, 11) is 0. The van der Waals surface area contributed by atoms with Gasteiger partial charge in [-0.2, -0.15) is 0 Å². The van der Waals surface area contributed by atoms with Crippen molar-refractivity contribution < 1.29 is 24.2 Å². The van der Waals surface area contributed by atoms with Crippen LogP contribution in [0.25, 0.3) is 0 Å². The molecule has 6 heteroatoms. The molecule has 0 aromatic rings. The van der Waals surface area contributed by atoms with Crippen LogP contribution in [-0.2, 0) is 19.1 Å². The van der Waals surface area contributed by atoms with Crippen LogP contribution in [0.2, 0.25) is 0 Å². The molecule has 0 aromatic carbocycles. The van der Waals surface area contributed by atoms with E-state index in [-0.39, 0.29) is 18.2 Å². The van der Waals surface area contributed by atoms with E-state index in [4.69, 9.17) is 14.6 Å². The Morgan fingerprint density at radius 2 is 1.78 bits per heavy atom. The van der Waals surface area contributed by atoms with E-state index in [0.29, 0.717) is 26.4 Å². The van der Waals surface area contributed by atoms with E-state index in [1.165, 1.54) is 6.92 Å². The minimum absolute atomic E-state index is 0.0130. The number of hydrogen-bond acceptors (Lipinski definition) is 6. The zero-order valence-corrected chi connectivity index (χ0v) is 11.3. The Kier molecular flexibility index (Phi) is 8.74. The Morgan fingerprint density at radius 1 is 1.17 bits per heavy atom. The summed E-state index contributed by atoms with van der Waals surface area (Å²) in [5, 5.41) is 11.7.